The van der Waals surface area contributed by atoms with Gasteiger partial charge in [-0.05, 0) is 13.8 Å². The van der Waals surface area contributed by atoms with Crippen molar-refractivity contribution in [2.45, 2.75) is 26.9 Å². The fourth-order valence-electron chi connectivity index (χ4n) is 2.38. The van der Waals surface area contributed by atoms with Crippen LogP contribution in [0, 0.1) is 13.8 Å². The Kier molecular flexibility index (Phi) is 4.71. The molecule has 0 spiro atoms. The first-order chi connectivity index (χ1) is 11.5. The van der Waals surface area contributed by atoms with E-state index in [1.54, 1.807) is 28.0 Å². The first-order valence-corrected chi connectivity index (χ1v) is 8.52. The minimum atomic E-state index is -0.0164. The van der Waals surface area contributed by atoms with E-state index in [9.17, 15) is 4.79 Å². The third kappa shape index (κ3) is 3.68. The molecule has 0 aliphatic rings. The highest BCUT2D eigenvalue weighted by Crippen LogP contribution is 2.23. The molecule has 24 heavy (non-hydrogen) atoms. The lowest BCUT2D eigenvalue weighted by atomic mass is 10.2. The monoisotopic (exact) mass is 341 g/mol. The van der Waals surface area contributed by atoms with Crippen molar-refractivity contribution in [2.24, 2.45) is 0 Å². The molecule has 0 saturated carbocycles. The number of likely N-dealkylation sites (N-methyl/N-ethyl adjacent to an activating group) is 1. The van der Waals surface area contributed by atoms with Crippen LogP contribution in [0.15, 0.2) is 35.7 Å². The van der Waals surface area contributed by atoms with Crippen molar-refractivity contribution in [3.8, 4) is 10.6 Å². The van der Waals surface area contributed by atoms with Gasteiger partial charge in [0, 0.05) is 18.0 Å². The molecule has 1 aromatic carbocycles. The van der Waals surface area contributed by atoms with Crippen molar-refractivity contribution in [3.63, 3.8) is 0 Å². The van der Waals surface area contributed by atoms with Crippen LogP contribution in [0.1, 0.15) is 17.3 Å². The second-order valence-electron chi connectivity index (χ2n) is 5.62. The van der Waals surface area contributed by atoms with Gasteiger partial charge in [-0.25, -0.2) is 14.6 Å². The van der Waals surface area contributed by atoms with Gasteiger partial charge in [-0.15, -0.1) is 11.3 Å². The molecule has 0 bridgehead atoms. The maximum atomic E-state index is 12.4. The molecule has 124 valence electrons. The van der Waals surface area contributed by atoms with E-state index in [2.05, 4.69) is 15.1 Å². The Bertz CT molecular complexity index is 840. The molecule has 0 aliphatic carbocycles. The molecular weight excluding hydrogens is 322 g/mol. The Morgan fingerprint density at radius 3 is 2.62 bits per heavy atom. The maximum Gasteiger partial charge on any atom is 0.244 e. The second-order valence-corrected chi connectivity index (χ2v) is 6.48. The molecule has 0 atom stereocenters. The summed E-state index contributed by atoms with van der Waals surface area (Å²) in [5.74, 6) is 1.40. The number of carbonyl (C=O) groups is 1. The van der Waals surface area contributed by atoms with E-state index in [-0.39, 0.29) is 12.5 Å². The lowest BCUT2D eigenvalue weighted by Crippen LogP contribution is -2.30. The molecule has 1 amide bonds. The first-order valence-electron chi connectivity index (χ1n) is 7.65. The summed E-state index contributed by atoms with van der Waals surface area (Å²) >= 11 is 1.59. The number of hydrogen-bond donors (Lipinski definition) is 0. The molecule has 2 heterocycles. The minimum Gasteiger partial charge on any atom is -0.338 e. The molecule has 2 aromatic heterocycles. The molecule has 3 rings (SSSR count). The number of carbonyl (C=O) groups excluding carboxylic acids is 1. The zero-order chi connectivity index (χ0) is 17.1. The van der Waals surface area contributed by atoms with Crippen LogP contribution in [-0.2, 0) is 17.9 Å². The van der Waals surface area contributed by atoms with Crippen molar-refractivity contribution < 1.29 is 4.79 Å². The Balaban J connectivity index is 1.64. The van der Waals surface area contributed by atoms with Crippen LogP contribution in [0.25, 0.3) is 10.6 Å². The van der Waals surface area contributed by atoms with Crippen molar-refractivity contribution in [1.82, 2.24) is 24.6 Å². The van der Waals surface area contributed by atoms with Crippen molar-refractivity contribution in [1.29, 1.82) is 0 Å². The molecule has 6 nitrogen and oxygen atoms in total. The molecule has 0 saturated heterocycles. The van der Waals surface area contributed by atoms with Gasteiger partial charge in [-0.1, -0.05) is 30.3 Å². The van der Waals surface area contributed by atoms with Gasteiger partial charge >= 0.3 is 0 Å². The second kappa shape index (κ2) is 6.92. The van der Waals surface area contributed by atoms with E-state index < -0.39 is 0 Å². The van der Waals surface area contributed by atoms with Crippen molar-refractivity contribution in [3.05, 3.63) is 53.1 Å². The van der Waals surface area contributed by atoms with E-state index >= 15 is 0 Å². The molecular formula is C17H19N5OS. The van der Waals surface area contributed by atoms with Gasteiger partial charge in [0.2, 0.25) is 5.91 Å². The first kappa shape index (κ1) is 16.3. The minimum absolute atomic E-state index is 0.0164. The summed E-state index contributed by atoms with van der Waals surface area (Å²) in [7, 11) is 1.78. The van der Waals surface area contributed by atoms with E-state index in [4.69, 9.17) is 0 Å². The van der Waals surface area contributed by atoms with Crippen LogP contribution < -0.4 is 0 Å². The Morgan fingerprint density at radius 2 is 1.96 bits per heavy atom. The zero-order valence-electron chi connectivity index (χ0n) is 13.9. The fourth-order valence-corrected chi connectivity index (χ4v) is 3.20. The normalized spacial score (nSPS) is 10.8. The summed E-state index contributed by atoms with van der Waals surface area (Å²) in [5.41, 5.74) is 1.98. The highest BCUT2D eigenvalue weighted by atomic mass is 32.1. The number of hydrogen-bond acceptors (Lipinski definition) is 5. The highest BCUT2D eigenvalue weighted by Gasteiger charge is 2.14. The van der Waals surface area contributed by atoms with E-state index in [1.807, 2.05) is 49.6 Å². The largest absolute Gasteiger partial charge is 0.338 e. The van der Waals surface area contributed by atoms with Gasteiger partial charge in [0.1, 0.15) is 23.2 Å². The predicted octanol–water partition coefficient (Wildman–Crippen LogP) is 2.68. The van der Waals surface area contributed by atoms with Gasteiger partial charge in [-0.2, -0.15) is 5.10 Å². The molecule has 7 heteroatoms. The molecule has 0 radical (unpaired) electrons. The lowest BCUT2D eigenvalue weighted by molar-refractivity contribution is -0.131. The number of benzene rings is 1. The predicted molar refractivity (Wildman–Crippen MR) is 93.5 cm³/mol. The maximum absolute atomic E-state index is 12.4. The molecule has 3 aromatic rings. The van der Waals surface area contributed by atoms with Gasteiger partial charge in [-0.3, -0.25) is 4.79 Å². The van der Waals surface area contributed by atoms with Crippen LogP contribution in [0.2, 0.25) is 0 Å². The lowest BCUT2D eigenvalue weighted by Gasteiger charge is -2.16. The van der Waals surface area contributed by atoms with Crippen molar-refractivity contribution in [2.75, 3.05) is 7.05 Å². The Hall–Kier alpha value is -2.54. The van der Waals surface area contributed by atoms with E-state index in [0.717, 1.165) is 22.1 Å². The number of amides is 1. The van der Waals surface area contributed by atoms with Crippen LogP contribution in [0.5, 0.6) is 0 Å². The summed E-state index contributed by atoms with van der Waals surface area (Å²) in [6, 6.07) is 10.0. The number of aromatic nitrogens is 4. The van der Waals surface area contributed by atoms with Crippen LogP contribution in [0.3, 0.4) is 0 Å². The van der Waals surface area contributed by atoms with Gasteiger partial charge in [0.15, 0.2) is 0 Å². The quantitative estimate of drug-likeness (QED) is 0.716. The van der Waals surface area contributed by atoms with Gasteiger partial charge < -0.3 is 4.90 Å². The molecule has 0 aliphatic heterocycles. The SMILES string of the molecule is Cc1nc(C)n(CC(=O)N(C)Cc2csc(-c3ccccc3)n2)n1. The van der Waals surface area contributed by atoms with Gasteiger partial charge in [0.05, 0.1) is 12.2 Å². The average molecular weight is 341 g/mol. The molecule has 0 fully saturated rings. The van der Waals surface area contributed by atoms with E-state index in [1.165, 1.54) is 0 Å². The average Bonchev–Trinajstić information content (AvgIpc) is 3.15. The van der Waals surface area contributed by atoms with E-state index in [0.29, 0.717) is 12.4 Å². The van der Waals surface area contributed by atoms with Gasteiger partial charge in [0.25, 0.3) is 0 Å². The summed E-state index contributed by atoms with van der Waals surface area (Å²) in [6.45, 7) is 4.34. The molecule has 0 unspecified atom stereocenters. The fraction of sp³-hybridized carbons (Fsp3) is 0.294. The zero-order valence-corrected chi connectivity index (χ0v) is 14.7. The number of nitrogens with zero attached hydrogens (tertiary/aromatic N) is 5. The number of thiazole rings is 1. The van der Waals surface area contributed by atoms with Crippen LogP contribution in [0.4, 0.5) is 0 Å². The molecule has 0 N–H and O–H groups in total. The third-order valence-electron chi connectivity index (χ3n) is 3.65. The van der Waals surface area contributed by atoms with Crippen molar-refractivity contribution >= 4 is 17.2 Å². The number of aryl methyl sites for hydroxylation is 2. The third-order valence-corrected chi connectivity index (χ3v) is 4.59. The summed E-state index contributed by atoms with van der Waals surface area (Å²) in [6.07, 6.45) is 0. The number of rotatable bonds is 5. The Morgan fingerprint density at radius 1 is 1.21 bits per heavy atom. The highest BCUT2D eigenvalue weighted by molar-refractivity contribution is 7.13. The smallest absolute Gasteiger partial charge is 0.244 e. The van der Waals surface area contributed by atoms with Crippen LogP contribution in [-0.4, -0.2) is 37.6 Å². The summed E-state index contributed by atoms with van der Waals surface area (Å²) < 4.78 is 1.63. The Labute approximate surface area is 144 Å². The van der Waals surface area contributed by atoms with Crippen LogP contribution >= 0.6 is 11.3 Å². The summed E-state index contributed by atoms with van der Waals surface area (Å²) in [4.78, 5) is 22.9. The summed E-state index contributed by atoms with van der Waals surface area (Å²) in [5, 5.41) is 7.19. The standard InChI is InChI=1S/C17H19N5OS/c1-12-18-13(2)22(20-12)10-16(23)21(3)9-15-11-24-17(19-15)14-7-5-4-6-8-14/h4-8,11H,9-10H2,1-3H3. The topological polar surface area (TPSA) is 63.9 Å².